The number of anilines is 2. The summed E-state index contributed by atoms with van der Waals surface area (Å²) >= 11 is 0. The number of hydrogen-bond acceptors (Lipinski definition) is 4. The Labute approximate surface area is 130 Å². The minimum absolute atomic E-state index is 0.122. The second-order valence-corrected chi connectivity index (χ2v) is 6.18. The molecule has 22 heavy (non-hydrogen) atoms. The molecule has 0 aliphatic carbocycles. The number of amides is 1. The van der Waals surface area contributed by atoms with Gasteiger partial charge in [-0.3, -0.25) is 4.79 Å². The minimum Gasteiger partial charge on any atom is -0.399 e. The average molecular weight is 299 g/mol. The van der Waals surface area contributed by atoms with Crippen molar-refractivity contribution in [1.82, 2.24) is 5.32 Å². The number of nitrogens with two attached hydrogens (primary N) is 1. The second kappa shape index (κ2) is 5.32. The fourth-order valence-corrected chi connectivity index (χ4v) is 3.71. The van der Waals surface area contributed by atoms with E-state index in [2.05, 4.69) is 5.32 Å². The molecule has 3 aliphatic heterocycles. The highest BCUT2D eigenvalue weighted by Gasteiger charge is 2.39. The molecule has 0 spiro atoms. The molecule has 3 heterocycles. The Hall–Kier alpha value is -2.01. The summed E-state index contributed by atoms with van der Waals surface area (Å²) in [5.41, 5.74) is 10.6. The number of nitrogens with zero attached hydrogens (tertiary/aromatic N) is 1. The SMILES string of the molecule is Nc1ccc2c(c1)/C(=C1\CCCN1)C(=O)N2C1CCOCC1. The summed E-state index contributed by atoms with van der Waals surface area (Å²) in [7, 11) is 0. The van der Waals surface area contributed by atoms with E-state index in [-0.39, 0.29) is 11.9 Å². The predicted octanol–water partition coefficient (Wildman–Crippen LogP) is 1.89. The molecule has 5 heteroatoms. The average Bonchev–Trinajstić information content (AvgIpc) is 3.13. The highest BCUT2D eigenvalue weighted by Crippen LogP contribution is 2.42. The molecular formula is C17H21N3O2. The zero-order chi connectivity index (χ0) is 15.1. The molecular weight excluding hydrogens is 278 g/mol. The number of carbonyl (C=O) groups is 1. The molecule has 0 unspecified atom stereocenters. The first-order valence-corrected chi connectivity index (χ1v) is 8.04. The number of nitrogens with one attached hydrogen (secondary N) is 1. The maximum absolute atomic E-state index is 13.1. The van der Waals surface area contributed by atoms with Gasteiger partial charge in [0.2, 0.25) is 0 Å². The third kappa shape index (κ3) is 2.08. The Morgan fingerprint density at radius 2 is 2.09 bits per heavy atom. The first kappa shape index (κ1) is 13.6. The van der Waals surface area contributed by atoms with E-state index in [9.17, 15) is 4.79 Å². The van der Waals surface area contributed by atoms with Crippen LogP contribution < -0.4 is 16.0 Å². The van der Waals surface area contributed by atoms with Crippen LogP contribution in [-0.4, -0.2) is 31.7 Å². The van der Waals surface area contributed by atoms with Gasteiger partial charge in [-0.25, -0.2) is 0 Å². The molecule has 1 aromatic rings. The van der Waals surface area contributed by atoms with Gasteiger partial charge in [0, 0.05) is 42.7 Å². The first-order chi connectivity index (χ1) is 10.8. The normalized spacial score (nSPS) is 25.5. The van der Waals surface area contributed by atoms with E-state index in [4.69, 9.17) is 10.5 Å². The Bertz CT molecular complexity index is 639. The summed E-state index contributed by atoms with van der Waals surface area (Å²) in [4.78, 5) is 15.1. The quantitative estimate of drug-likeness (QED) is 0.614. The monoisotopic (exact) mass is 299 g/mol. The summed E-state index contributed by atoms with van der Waals surface area (Å²) in [5, 5.41) is 3.38. The largest absolute Gasteiger partial charge is 0.399 e. The molecule has 116 valence electrons. The summed E-state index contributed by atoms with van der Waals surface area (Å²) in [6.45, 7) is 2.40. The maximum atomic E-state index is 13.1. The van der Waals surface area contributed by atoms with Crippen LogP contribution in [0.15, 0.2) is 23.9 Å². The number of rotatable bonds is 1. The van der Waals surface area contributed by atoms with Crippen LogP contribution in [0.5, 0.6) is 0 Å². The zero-order valence-electron chi connectivity index (χ0n) is 12.6. The van der Waals surface area contributed by atoms with Crippen molar-refractivity contribution in [2.24, 2.45) is 0 Å². The van der Waals surface area contributed by atoms with Gasteiger partial charge >= 0.3 is 0 Å². The van der Waals surface area contributed by atoms with E-state index in [1.165, 1.54) is 0 Å². The molecule has 3 aliphatic rings. The topological polar surface area (TPSA) is 67.6 Å². The van der Waals surface area contributed by atoms with Crippen LogP contribution in [0.4, 0.5) is 11.4 Å². The van der Waals surface area contributed by atoms with E-state index in [1.807, 2.05) is 23.1 Å². The van der Waals surface area contributed by atoms with Gasteiger partial charge in [0.1, 0.15) is 0 Å². The molecule has 0 radical (unpaired) electrons. The summed E-state index contributed by atoms with van der Waals surface area (Å²) < 4.78 is 5.45. The van der Waals surface area contributed by atoms with Crippen LogP contribution in [0.25, 0.3) is 5.57 Å². The zero-order valence-corrected chi connectivity index (χ0v) is 12.6. The highest BCUT2D eigenvalue weighted by molar-refractivity contribution is 6.33. The fraction of sp³-hybridized carbons (Fsp3) is 0.471. The second-order valence-electron chi connectivity index (χ2n) is 6.18. The molecule has 1 amide bonds. The minimum atomic E-state index is 0.122. The van der Waals surface area contributed by atoms with Gasteiger partial charge in [0.05, 0.1) is 11.3 Å². The van der Waals surface area contributed by atoms with E-state index in [1.54, 1.807) is 0 Å². The summed E-state index contributed by atoms with van der Waals surface area (Å²) in [6.07, 6.45) is 3.81. The van der Waals surface area contributed by atoms with Gasteiger partial charge in [-0.2, -0.15) is 0 Å². The van der Waals surface area contributed by atoms with Crippen molar-refractivity contribution in [3.63, 3.8) is 0 Å². The lowest BCUT2D eigenvalue weighted by molar-refractivity contribution is -0.113. The molecule has 0 aromatic heterocycles. The predicted molar refractivity (Wildman–Crippen MR) is 86.3 cm³/mol. The number of ether oxygens (including phenoxy) is 1. The molecule has 5 nitrogen and oxygen atoms in total. The lowest BCUT2D eigenvalue weighted by Gasteiger charge is -2.31. The van der Waals surface area contributed by atoms with Gasteiger partial charge in [-0.05, 0) is 43.9 Å². The molecule has 2 saturated heterocycles. The number of fused-ring (bicyclic) bond motifs is 1. The molecule has 3 N–H and O–H groups in total. The van der Waals surface area contributed by atoms with E-state index in [0.29, 0.717) is 5.69 Å². The van der Waals surface area contributed by atoms with Gasteiger partial charge in [0.15, 0.2) is 0 Å². The van der Waals surface area contributed by atoms with Crippen molar-refractivity contribution in [1.29, 1.82) is 0 Å². The molecule has 2 fully saturated rings. The molecule has 4 rings (SSSR count). The van der Waals surface area contributed by atoms with Crippen molar-refractivity contribution in [3.05, 3.63) is 29.5 Å². The maximum Gasteiger partial charge on any atom is 0.260 e. The van der Waals surface area contributed by atoms with Crippen LogP contribution in [0.1, 0.15) is 31.2 Å². The van der Waals surface area contributed by atoms with Crippen LogP contribution >= 0.6 is 0 Å². The molecule has 0 bridgehead atoms. The number of nitrogen functional groups attached to an aromatic ring is 1. The first-order valence-electron chi connectivity index (χ1n) is 8.04. The van der Waals surface area contributed by atoms with Crippen molar-refractivity contribution >= 4 is 22.9 Å². The fourth-order valence-electron chi connectivity index (χ4n) is 3.71. The van der Waals surface area contributed by atoms with Gasteiger partial charge in [0.25, 0.3) is 5.91 Å². The number of hydrogen-bond donors (Lipinski definition) is 2. The lowest BCUT2D eigenvalue weighted by atomic mass is 10.0. The standard InChI is InChI=1S/C17H21N3O2/c18-11-3-4-15-13(10-11)16(14-2-1-7-19-14)17(21)20(15)12-5-8-22-9-6-12/h3-4,10,12,19H,1-2,5-9,18H2/b16-14-. The third-order valence-corrected chi connectivity index (χ3v) is 4.78. The van der Waals surface area contributed by atoms with Crippen molar-refractivity contribution in [3.8, 4) is 0 Å². The smallest absolute Gasteiger partial charge is 0.260 e. The van der Waals surface area contributed by atoms with E-state index >= 15 is 0 Å². The highest BCUT2D eigenvalue weighted by atomic mass is 16.5. The van der Waals surface area contributed by atoms with Crippen LogP contribution in [-0.2, 0) is 9.53 Å². The van der Waals surface area contributed by atoms with Crippen LogP contribution in [0, 0.1) is 0 Å². The number of benzene rings is 1. The Morgan fingerprint density at radius 3 is 2.82 bits per heavy atom. The van der Waals surface area contributed by atoms with Gasteiger partial charge in [-0.1, -0.05) is 0 Å². The Morgan fingerprint density at radius 1 is 1.27 bits per heavy atom. The Balaban J connectivity index is 1.82. The summed E-state index contributed by atoms with van der Waals surface area (Å²) in [6, 6.07) is 6.03. The molecule has 0 saturated carbocycles. The van der Waals surface area contributed by atoms with E-state index < -0.39 is 0 Å². The van der Waals surface area contributed by atoms with Crippen molar-refractivity contribution in [2.75, 3.05) is 30.4 Å². The van der Waals surface area contributed by atoms with Crippen molar-refractivity contribution < 1.29 is 9.53 Å². The Kier molecular flexibility index (Phi) is 3.30. The molecule has 0 atom stereocenters. The van der Waals surface area contributed by atoms with Crippen LogP contribution in [0.2, 0.25) is 0 Å². The number of allylic oxidation sites excluding steroid dienone is 1. The van der Waals surface area contributed by atoms with Crippen molar-refractivity contribution in [2.45, 2.75) is 31.7 Å². The molecule has 1 aromatic carbocycles. The third-order valence-electron chi connectivity index (χ3n) is 4.78. The van der Waals surface area contributed by atoms with E-state index in [0.717, 1.165) is 68.0 Å². The van der Waals surface area contributed by atoms with Crippen LogP contribution in [0.3, 0.4) is 0 Å². The lowest BCUT2D eigenvalue weighted by Crippen LogP contribution is -2.41. The van der Waals surface area contributed by atoms with Gasteiger partial charge < -0.3 is 20.7 Å². The van der Waals surface area contributed by atoms with Gasteiger partial charge in [-0.15, -0.1) is 0 Å². The summed E-state index contributed by atoms with van der Waals surface area (Å²) in [5.74, 6) is 0.122. The number of carbonyl (C=O) groups excluding carboxylic acids is 1.